The molecule has 0 saturated heterocycles. The molecule has 0 saturated carbocycles. The van der Waals surface area contributed by atoms with Crippen LogP contribution in [0.2, 0.25) is 0 Å². The smallest absolute Gasteiger partial charge is 0.249 e. The summed E-state index contributed by atoms with van der Waals surface area (Å²) in [6.45, 7) is 0. The van der Waals surface area contributed by atoms with Crippen molar-refractivity contribution in [1.82, 2.24) is 4.98 Å². The molecule has 120 valence electrons. The van der Waals surface area contributed by atoms with Gasteiger partial charge in [0.1, 0.15) is 22.7 Å². The van der Waals surface area contributed by atoms with Gasteiger partial charge in [-0.2, -0.15) is 0 Å². The summed E-state index contributed by atoms with van der Waals surface area (Å²) in [5.74, 6) is 1.03. The number of carbonyl (C=O) groups excluding carboxylic acids is 1. The summed E-state index contributed by atoms with van der Waals surface area (Å²) < 4.78 is 10.6. The number of benzene rings is 1. The van der Waals surface area contributed by atoms with Crippen LogP contribution in [0.25, 0.3) is 0 Å². The number of nitrogens with two attached hydrogens (primary N) is 1. The number of amides is 1. The van der Waals surface area contributed by atoms with E-state index < -0.39 is 5.54 Å². The maximum atomic E-state index is 12.8. The van der Waals surface area contributed by atoms with E-state index in [1.54, 1.807) is 32.7 Å². The second-order valence-corrected chi connectivity index (χ2v) is 5.49. The van der Waals surface area contributed by atoms with Crippen molar-refractivity contribution in [2.24, 2.45) is 5.73 Å². The summed E-state index contributed by atoms with van der Waals surface area (Å²) >= 11 is 0. The first kappa shape index (κ1) is 15.3. The second kappa shape index (κ2) is 5.89. The normalized spacial score (nSPS) is 19.1. The van der Waals surface area contributed by atoms with Crippen LogP contribution in [0.3, 0.4) is 0 Å². The monoisotopic (exact) mass is 313 g/mol. The fourth-order valence-corrected chi connectivity index (χ4v) is 3.01. The lowest BCUT2D eigenvalue weighted by molar-refractivity contribution is -0.121. The summed E-state index contributed by atoms with van der Waals surface area (Å²) in [5, 5.41) is 2.83. The van der Waals surface area contributed by atoms with Gasteiger partial charge in [0.15, 0.2) is 0 Å². The zero-order valence-corrected chi connectivity index (χ0v) is 13.1. The van der Waals surface area contributed by atoms with Crippen LogP contribution in [-0.4, -0.2) is 25.1 Å². The van der Waals surface area contributed by atoms with Gasteiger partial charge >= 0.3 is 0 Å². The Morgan fingerprint density at radius 3 is 2.78 bits per heavy atom. The summed E-state index contributed by atoms with van der Waals surface area (Å²) in [6.07, 6.45) is 4.37. The van der Waals surface area contributed by atoms with Gasteiger partial charge in [0.05, 0.1) is 20.4 Å². The number of ether oxygens (including phenoxy) is 2. The zero-order chi connectivity index (χ0) is 16.4. The minimum Gasteiger partial charge on any atom is -0.496 e. The molecule has 23 heavy (non-hydrogen) atoms. The topological polar surface area (TPSA) is 86.5 Å². The molecule has 3 N–H and O–H groups in total. The molecule has 1 aliphatic rings. The Balaban J connectivity index is 1.92. The average molecular weight is 313 g/mol. The number of nitrogens with one attached hydrogen (secondary N) is 1. The number of hydrogen-bond donors (Lipinski definition) is 2. The average Bonchev–Trinajstić information content (AvgIpc) is 2.94. The molecule has 1 amide bonds. The van der Waals surface area contributed by atoms with E-state index in [0.29, 0.717) is 24.3 Å². The molecule has 0 bridgehead atoms. The molecule has 1 aliphatic carbocycles. The summed E-state index contributed by atoms with van der Waals surface area (Å²) in [7, 11) is 3.16. The highest BCUT2D eigenvalue weighted by Gasteiger charge is 2.43. The number of hydrogen-bond acceptors (Lipinski definition) is 5. The molecule has 1 unspecified atom stereocenters. The van der Waals surface area contributed by atoms with Crippen LogP contribution in [0.15, 0.2) is 36.7 Å². The molecule has 1 atom stereocenters. The van der Waals surface area contributed by atoms with Crippen LogP contribution in [0, 0.1) is 0 Å². The molecule has 1 aromatic carbocycles. The maximum Gasteiger partial charge on any atom is 0.249 e. The number of nitrogens with zero attached hydrogens (tertiary/aromatic N) is 1. The second-order valence-electron chi connectivity index (χ2n) is 5.49. The fraction of sp³-hybridized carbons (Fsp3) is 0.294. The lowest BCUT2D eigenvalue weighted by Crippen LogP contribution is -2.46. The predicted octanol–water partition coefficient (Wildman–Crippen LogP) is 1.84. The minimum atomic E-state index is -1.09. The molecule has 0 fully saturated rings. The van der Waals surface area contributed by atoms with E-state index in [1.165, 1.54) is 0 Å². The molecule has 0 radical (unpaired) electrons. The molecular formula is C17H19N3O3. The van der Waals surface area contributed by atoms with E-state index in [0.717, 1.165) is 16.9 Å². The van der Waals surface area contributed by atoms with Gasteiger partial charge < -0.3 is 20.5 Å². The lowest BCUT2D eigenvalue weighted by atomic mass is 9.91. The van der Waals surface area contributed by atoms with Crippen molar-refractivity contribution in [2.45, 2.75) is 18.4 Å². The molecule has 1 heterocycles. The van der Waals surface area contributed by atoms with Gasteiger partial charge in [-0.25, -0.2) is 0 Å². The molecule has 2 aromatic rings. The third-order valence-electron chi connectivity index (χ3n) is 4.26. The van der Waals surface area contributed by atoms with Crippen LogP contribution in [0.1, 0.15) is 17.5 Å². The van der Waals surface area contributed by atoms with Crippen molar-refractivity contribution < 1.29 is 14.3 Å². The first-order chi connectivity index (χ1) is 11.1. The van der Waals surface area contributed by atoms with Crippen molar-refractivity contribution in [3.05, 3.63) is 47.8 Å². The SMILES string of the molecule is COc1ccncc1NC(=O)C1(N)CCc2c(OC)cccc21. The molecule has 3 rings (SSSR count). The Morgan fingerprint density at radius 2 is 2.04 bits per heavy atom. The number of methoxy groups -OCH3 is 2. The summed E-state index contributed by atoms with van der Waals surface area (Å²) in [4.78, 5) is 16.8. The third-order valence-corrected chi connectivity index (χ3v) is 4.26. The summed E-state index contributed by atoms with van der Waals surface area (Å²) in [6, 6.07) is 7.30. The Kier molecular flexibility index (Phi) is 3.92. The molecule has 1 aromatic heterocycles. The van der Waals surface area contributed by atoms with E-state index in [-0.39, 0.29) is 5.91 Å². The molecule has 6 heteroatoms. The van der Waals surface area contributed by atoms with Crippen LogP contribution in [-0.2, 0) is 16.8 Å². The first-order valence-corrected chi connectivity index (χ1v) is 7.35. The largest absolute Gasteiger partial charge is 0.496 e. The van der Waals surface area contributed by atoms with Gasteiger partial charge in [-0.1, -0.05) is 12.1 Å². The van der Waals surface area contributed by atoms with Crippen LogP contribution in [0.4, 0.5) is 5.69 Å². The number of rotatable bonds is 4. The molecule has 6 nitrogen and oxygen atoms in total. The Bertz CT molecular complexity index is 748. The predicted molar refractivity (Wildman–Crippen MR) is 86.6 cm³/mol. The standard InChI is InChI=1S/C17H19N3O3/c1-22-14-5-3-4-12-11(14)6-8-17(12,18)16(21)20-13-10-19-9-7-15(13)23-2/h3-5,7,9-10H,6,8,18H2,1-2H3,(H,20,21). The molecular weight excluding hydrogens is 294 g/mol. The van der Waals surface area contributed by atoms with Gasteiger partial charge in [0.25, 0.3) is 0 Å². The van der Waals surface area contributed by atoms with Crippen molar-refractivity contribution in [2.75, 3.05) is 19.5 Å². The maximum absolute atomic E-state index is 12.8. The van der Waals surface area contributed by atoms with Crippen LogP contribution in [0.5, 0.6) is 11.5 Å². The van der Waals surface area contributed by atoms with Gasteiger partial charge in [0.2, 0.25) is 5.91 Å². The molecule has 0 aliphatic heterocycles. The number of carbonyl (C=O) groups is 1. The van der Waals surface area contributed by atoms with E-state index in [2.05, 4.69) is 10.3 Å². The number of aromatic nitrogens is 1. The van der Waals surface area contributed by atoms with E-state index >= 15 is 0 Å². The summed E-state index contributed by atoms with van der Waals surface area (Å²) in [5.41, 5.74) is 7.65. The van der Waals surface area contributed by atoms with Crippen molar-refractivity contribution in [3.8, 4) is 11.5 Å². The van der Waals surface area contributed by atoms with E-state index in [4.69, 9.17) is 15.2 Å². The Morgan fingerprint density at radius 1 is 1.26 bits per heavy atom. The minimum absolute atomic E-state index is 0.282. The van der Waals surface area contributed by atoms with Gasteiger partial charge in [-0.15, -0.1) is 0 Å². The number of pyridine rings is 1. The molecule has 0 spiro atoms. The zero-order valence-electron chi connectivity index (χ0n) is 13.1. The van der Waals surface area contributed by atoms with Crippen molar-refractivity contribution in [1.29, 1.82) is 0 Å². The van der Waals surface area contributed by atoms with E-state index in [1.807, 2.05) is 18.2 Å². The first-order valence-electron chi connectivity index (χ1n) is 7.35. The Labute approximate surface area is 134 Å². The van der Waals surface area contributed by atoms with Gasteiger partial charge in [-0.05, 0) is 30.0 Å². The van der Waals surface area contributed by atoms with Gasteiger partial charge in [-0.3, -0.25) is 9.78 Å². The quantitative estimate of drug-likeness (QED) is 0.899. The highest BCUT2D eigenvalue weighted by Crippen LogP contribution is 2.40. The van der Waals surface area contributed by atoms with Crippen LogP contribution < -0.4 is 20.5 Å². The highest BCUT2D eigenvalue weighted by atomic mass is 16.5. The third kappa shape index (κ3) is 2.51. The number of fused-ring (bicyclic) bond motifs is 1. The van der Waals surface area contributed by atoms with E-state index in [9.17, 15) is 4.79 Å². The van der Waals surface area contributed by atoms with Gasteiger partial charge in [0, 0.05) is 12.3 Å². The van der Waals surface area contributed by atoms with Crippen molar-refractivity contribution >= 4 is 11.6 Å². The number of anilines is 1. The van der Waals surface area contributed by atoms with Crippen molar-refractivity contribution in [3.63, 3.8) is 0 Å². The lowest BCUT2D eigenvalue weighted by Gasteiger charge is -2.24. The fourth-order valence-electron chi connectivity index (χ4n) is 3.01. The highest BCUT2D eigenvalue weighted by molar-refractivity contribution is 6.00. The van der Waals surface area contributed by atoms with Crippen LogP contribution >= 0.6 is 0 Å². The Hall–Kier alpha value is -2.60.